The van der Waals surface area contributed by atoms with Gasteiger partial charge in [-0.2, -0.15) is 11.8 Å². The topological polar surface area (TPSA) is 119 Å². The van der Waals surface area contributed by atoms with E-state index >= 15 is 0 Å². The Hall–Kier alpha value is -1.77. The van der Waals surface area contributed by atoms with Gasteiger partial charge in [0.15, 0.2) is 0 Å². The van der Waals surface area contributed by atoms with Crippen LogP contribution in [-0.4, -0.2) is 59.2 Å². The summed E-state index contributed by atoms with van der Waals surface area (Å²) in [6.45, 7) is 8.59. The highest BCUT2D eigenvalue weighted by atomic mass is 32.2. The SMILES string of the molecule is CCCCCCCCCCCCCCCC(=O)OCC(CSCC(NC(=O)C(C)CCCCCCCCCCCCC)C(=O)O)OC(=O)CCCCCCCCCCCCCCC. The molecule has 63 heavy (non-hydrogen) atoms. The molecule has 0 saturated carbocycles. The third kappa shape index (κ3) is 43.9. The molecule has 372 valence electrons. The average molecular weight is 910 g/mol. The predicted molar refractivity (Wildman–Crippen MR) is 269 cm³/mol. The zero-order valence-electron chi connectivity index (χ0n) is 41.9. The van der Waals surface area contributed by atoms with E-state index in [9.17, 15) is 24.3 Å². The molecule has 0 aromatic rings. The third-order valence-corrected chi connectivity index (χ3v) is 13.8. The second-order valence-electron chi connectivity index (χ2n) is 18.9. The maximum absolute atomic E-state index is 13.0. The Morgan fingerprint density at radius 2 is 0.794 bits per heavy atom. The molecule has 0 radical (unpaired) electrons. The Kier molecular flexibility index (Phi) is 46.8. The molecule has 1 amide bonds. The van der Waals surface area contributed by atoms with E-state index in [0.717, 1.165) is 57.8 Å². The van der Waals surface area contributed by atoms with Gasteiger partial charge in [-0.15, -0.1) is 0 Å². The van der Waals surface area contributed by atoms with Crippen LogP contribution < -0.4 is 5.32 Å². The maximum atomic E-state index is 13.0. The first-order valence-corrected chi connectivity index (χ1v) is 28.4. The summed E-state index contributed by atoms with van der Waals surface area (Å²) in [5.74, 6) is -1.77. The van der Waals surface area contributed by atoms with Crippen molar-refractivity contribution in [1.82, 2.24) is 5.32 Å². The largest absolute Gasteiger partial charge is 0.480 e. The first kappa shape index (κ1) is 61.2. The molecular weight excluding hydrogens is 807 g/mol. The molecule has 0 aromatic heterocycles. The summed E-state index contributed by atoms with van der Waals surface area (Å²) in [4.78, 5) is 50.8. The van der Waals surface area contributed by atoms with Crippen molar-refractivity contribution in [2.75, 3.05) is 18.1 Å². The standard InChI is InChI=1S/C54H103NO7S/c1-5-8-11-14-17-20-23-25-28-31-34-37-40-43-51(56)61-45-49(62-52(57)44-41-38-35-32-29-26-24-21-18-15-12-9-6-2)46-63-47-50(54(59)60)55-53(58)48(4)42-39-36-33-30-27-22-19-16-13-10-7-3/h48-50H,5-47H2,1-4H3,(H,55,58)(H,59,60). The molecule has 0 heterocycles. The van der Waals surface area contributed by atoms with E-state index in [4.69, 9.17) is 9.47 Å². The summed E-state index contributed by atoms with van der Waals surface area (Å²) < 4.78 is 11.4. The number of hydrogen-bond acceptors (Lipinski definition) is 7. The number of carboxylic acid groups (broad SMARTS) is 1. The van der Waals surface area contributed by atoms with E-state index in [0.29, 0.717) is 12.8 Å². The van der Waals surface area contributed by atoms with Crippen LogP contribution in [0.5, 0.6) is 0 Å². The number of esters is 2. The first-order valence-electron chi connectivity index (χ1n) is 27.2. The van der Waals surface area contributed by atoms with Gasteiger partial charge in [0.2, 0.25) is 5.91 Å². The minimum absolute atomic E-state index is 0.0469. The van der Waals surface area contributed by atoms with Crippen LogP contribution in [0.1, 0.15) is 285 Å². The lowest BCUT2D eigenvalue weighted by molar-refractivity contribution is -0.157. The van der Waals surface area contributed by atoms with Gasteiger partial charge < -0.3 is 19.9 Å². The van der Waals surface area contributed by atoms with Gasteiger partial charge in [0.1, 0.15) is 18.8 Å². The summed E-state index contributed by atoms with van der Waals surface area (Å²) in [5.41, 5.74) is 0. The quantitative estimate of drug-likeness (QED) is 0.0458. The third-order valence-electron chi connectivity index (χ3n) is 12.6. The van der Waals surface area contributed by atoms with Crippen LogP contribution in [0.2, 0.25) is 0 Å². The Labute approximate surface area is 393 Å². The smallest absolute Gasteiger partial charge is 0.327 e. The summed E-state index contributed by atoms with van der Waals surface area (Å²) in [5, 5.41) is 12.7. The molecular formula is C54H103NO7S. The molecule has 9 heteroatoms. The molecule has 0 aliphatic heterocycles. The summed E-state index contributed by atoms with van der Waals surface area (Å²) in [6, 6.07) is -1.05. The predicted octanol–water partition coefficient (Wildman–Crippen LogP) is 16.0. The number of amides is 1. The van der Waals surface area contributed by atoms with Crippen molar-refractivity contribution in [2.24, 2.45) is 5.92 Å². The highest BCUT2D eigenvalue weighted by Gasteiger charge is 2.25. The van der Waals surface area contributed by atoms with Crippen molar-refractivity contribution in [2.45, 2.75) is 297 Å². The summed E-state index contributed by atoms with van der Waals surface area (Å²) in [6.07, 6.45) is 46.5. The summed E-state index contributed by atoms with van der Waals surface area (Å²) in [7, 11) is 0. The number of carbonyl (C=O) groups is 4. The number of ether oxygens (including phenoxy) is 2. The monoisotopic (exact) mass is 910 g/mol. The summed E-state index contributed by atoms with van der Waals surface area (Å²) >= 11 is 1.30. The number of thioether (sulfide) groups is 1. The second kappa shape index (κ2) is 48.2. The van der Waals surface area contributed by atoms with Gasteiger partial charge in [0.25, 0.3) is 0 Å². The number of carboxylic acids is 1. The van der Waals surface area contributed by atoms with E-state index < -0.39 is 18.1 Å². The molecule has 0 spiro atoms. The molecule has 0 aliphatic carbocycles. The number of rotatable bonds is 50. The molecule has 3 atom stereocenters. The Balaban J connectivity index is 4.69. The van der Waals surface area contributed by atoms with Gasteiger partial charge in [-0.05, 0) is 19.3 Å². The lowest BCUT2D eigenvalue weighted by Gasteiger charge is -2.20. The fourth-order valence-corrected chi connectivity index (χ4v) is 9.27. The van der Waals surface area contributed by atoms with E-state index in [2.05, 4.69) is 26.1 Å². The van der Waals surface area contributed by atoms with Crippen LogP contribution in [0.4, 0.5) is 0 Å². The van der Waals surface area contributed by atoms with Gasteiger partial charge in [0.05, 0.1) is 0 Å². The highest BCUT2D eigenvalue weighted by Crippen LogP contribution is 2.18. The Morgan fingerprint density at radius 3 is 1.16 bits per heavy atom. The zero-order chi connectivity index (χ0) is 46.3. The average Bonchev–Trinajstić information content (AvgIpc) is 3.27. The Bertz CT molecular complexity index is 1040. The first-order chi connectivity index (χ1) is 30.7. The van der Waals surface area contributed by atoms with Gasteiger partial charge in [-0.1, -0.05) is 252 Å². The minimum Gasteiger partial charge on any atom is -0.480 e. The number of hydrogen-bond donors (Lipinski definition) is 2. The molecule has 0 saturated heterocycles. The Morgan fingerprint density at radius 1 is 0.460 bits per heavy atom. The van der Waals surface area contributed by atoms with Gasteiger partial charge in [-0.25, -0.2) is 4.79 Å². The molecule has 0 bridgehead atoms. The highest BCUT2D eigenvalue weighted by molar-refractivity contribution is 7.99. The number of nitrogens with one attached hydrogen (secondary N) is 1. The second-order valence-corrected chi connectivity index (χ2v) is 20.0. The van der Waals surface area contributed by atoms with Crippen molar-refractivity contribution in [1.29, 1.82) is 0 Å². The number of carbonyl (C=O) groups excluding carboxylic acids is 3. The lowest BCUT2D eigenvalue weighted by Crippen LogP contribution is -2.45. The van der Waals surface area contributed by atoms with E-state index in [1.54, 1.807) is 0 Å². The van der Waals surface area contributed by atoms with Crippen molar-refractivity contribution < 1.29 is 33.8 Å². The fraction of sp³-hybridized carbons (Fsp3) is 0.926. The zero-order valence-corrected chi connectivity index (χ0v) is 42.8. The molecule has 0 rings (SSSR count). The maximum Gasteiger partial charge on any atom is 0.327 e. The van der Waals surface area contributed by atoms with E-state index in [1.165, 1.54) is 198 Å². The molecule has 3 unspecified atom stereocenters. The van der Waals surface area contributed by atoms with E-state index in [-0.39, 0.29) is 41.9 Å². The van der Waals surface area contributed by atoms with Crippen LogP contribution in [0, 0.1) is 5.92 Å². The molecule has 0 fully saturated rings. The lowest BCUT2D eigenvalue weighted by atomic mass is 10.0. The van der Waals surface area contributed by atoms with Gasteiger partial charge in [0, 0.05) is 30.3 Å². The van der Waals surface area contributed by atoms with E-state index in [1.807, 2.05) is 6.92 Å². The molecule has 8 nitrogen and oxygen atoms in total. The van der Waals surface area contributed by atoms with Crippen molar-refractivity contribution in [3.8, 4) is 0 Å². The van der Waals surface area contributed by atoms with Crippen LogP contribution in [0.15, 0.2) is 0 Å². The van der Waals surface area contributed by atoms with Crippen LogP contribution in [-0.2, 0) is 28.7 Å². The van der Waals surface area contributed by atoms with Crippen molar-refractivity contribution >= 4 is 35.6 Å². The fourth-order valence-electron chi connectivity index (χ4n) is 8.25. The van der Waals surface area contributed by atoms with Crippen molar-refractivity contribution in [3.63, 3.8) is 0 Å². The van der Waals surface area contributed by atoms with Gasteiger partial charge >= 0.3 is 17.9 Å². The van der Waals surface area contributed by atoms with Gasteiger partial charge in [-0.3, -0.25) is 14.4 Å². The number of aliphatic carboxylic acids is 1. The molecule has 0 aromatic carbocycles. The van der Waals surface area contributed by atoms with Crippen LogP contribution in [0.3, 0.4) is 0 Å². The van der Waals surface area contributed by atoms with Crippen molar-refractivity contribution in [3.05, 3.63) is 0 Å². The van der Waals surface area contributed by atoms with Crippen LogP contribution in [0.25, 0.3) is 0 Å². The molecule has 0 aliphatic rings. The normalized spacial score (nSPS) is 12.8. The van der Waals surface area contributed by atoms with Crippen LogP contribution >= 0.6 is 11.8 Å². The molecule has 2 N–H and O–H groups in total. The minimum atomic E-state index is -1.09. The number of unbranched alkanes of at least 4 members (excludes halogenated alkanes) is 34.